The molecule has 1 aliphatic rings. The molecule has 1 aliphatic heterocycles. The zero-order chi connectivity index (χ0) is 15.5. The smallest absolute Gasteiger partial charge is 0.176 e. The van der Waals surface area contributed by atoms with Crippen LogP contribution in [0.4, 0.5) is 5.69 Å². The van der Waals surface area contributed by atoms with Crippen LogP contribution >= 0.6 is 0 Å². The second-order valence-corrected chi connectivity index (χ2v) is 7.09. The van der Waals surface area contributed by atoms with Gasteiger partial charge in [-0.25, -0.2) is 8.42 Å². The molecule has 1 aromatic rings. The molecule has 1 heterocycles. The molecule has 0 unspecified atom stereocenters. The summed E-state index contributed by atoms with van der Waals surface area (Å²) in [5.74, 6) is 0. The minimum atomic E-state index is -3.40. The highest BCUT2D eigenvalue weighted by molar-refractivity contribution is 7.90. The first kappa shape index (κ1) is 15.5. The summed E-state index contributed by atoms with van der Waals surface area (Å²) in [6, 6.07) is 7.06. The molecule has 1 saturated heterocycles. The molecule has 6 heteroatoms. The Bertz CT molecular complexity index is 669. The van der Waals surface area contributed by atoms with Gasteiger partial charge in [-0.05, 0) is 12.1 Å². The van der Waals surface area contributed by atoms with E-state index in [1.165, 1.54) is 6.07 Å². The molecule has 112 valence electrons. The minimum Gasteiger partial charge on any atom is -0.368 e. The van der Waals surface area contributed by atoms with Crippen LogP contribution in [0.15, 0.2) is 35.7 Å². The zero-order valence-corrected chi connectivity index (χ0v) is 12.9. The van der Waals surface area contributed by atoms with Crippen molar-refractivity contribution in [3.63, 3.8) is 0 Å². The van der Waals surface area contributed by atoms with E-state index in [0.29, 0.717) is 5.69 Å². The van der Waals surface area contributed by atoms with Gasteiger partial charge in [-0.1, -0.05) is 12.1 Å². The van der Waals surface area contributed by atoms with Gasteiger partial charge in [-0.3, -0.25) is 4.90 Å². The Morgan fingerprint density at radius 1 is 1.33 bits per heavy atom. The lowest BCUT2D eigenvalue weighted by atomic mass is 10.1. The molecule has 0 aliphatic carbocycles. The Balaban J connectivity index is 2.30. The number of benzene rings is 1. The van der Waals surface area contributed by atoms with Crippen LogP contribution in [-0.2, 0) is 9.84 Å². The van der Waals surface area contributed by atoms with Gasteiger partial charge in [0.25, 0.3) is 0 Å². The molecule has 2 rings (SSSR count). The summed E-state index contributed by atoms with van der Waals surface area (Å²) < 4.78 is 23.6. The van der Waals surface area contributed by atoms with Gasteiger partial charge in [0.05, 0.1) is 16.1 Å². The van der Waals surface area contributed by atoms with Crippen LogP contribution in [0.2, 0.25) is 0 Å². The maximum atomic E-state index is 11.8. The highest BCUT2D eigenvalue weighted by Crippen LogP contribution is 2.27. The summed E-state index contributed by atoms with van der Waals surface area (Å²) in [6.45, 7) is 7.88. The lowest BCUT2D eigenvalue weighted by molar-refractivity contribution is 0.284. The second kappa shape index (κ2) is 6.29. The van der Waals surface area contributed by atoms with E-state index in [2.05, 4.69) is 22.4 Å². The van der Waals surface area contributed by atoms with Crippen molar-refractivity contribution in [3.8, 4) is 6.07 Å². The molecular weight excluding hydrogens is 286 g/mol. The van der Waals surface area contributed by atoms with E-state index in [-0.39, 0.29) is 10.5 Å². The zero-order valence-electron chi connectivity index (χ0n) is 12.1. The summed E-state index contributed by atoms with van der Waals surface area (Å²) in [5.41, 5.74) is 0.954. The van der Waals surface area contributed by atoms with Gasteiger partial charge in [-0.15, -0.1) is 6.58 Å². The predicted molar refractivity (Wildman–Crippen MR) is 83.1 cm³/mol. The molecule has 0 spiro atoms. The molecule has 0 atom stereocenters. The molecule has 5 nitrogen and oxygen atoms in total. The first-order valence-corrected chi connectivity index (χ1v) is 8.68. The summed E-state index contributed by atoms with van der Waals surface area (Å²) in [5, 5.41) is 9.36. The third kappa shape index (κ3) is 3.43. The highest BCUT2D eigenvalue weighted by Gasteiger charge is 2.22. The average molecular weight is 305 g/mol. The van der Waals surface area contributed by atoms with E-state index >= 15 is 0 Å². The Morgan fingerprint density at radius 3 is 2.52 bits per heavy atom. The van der Waals surface area contributed by atoms with Crippen molar-refractivity contribution in [2.45, 2.75) is 4.90 Å². The van der Waals surface area contributed by atoms with Crippen molar-refractivity contribution < 1.29 is 8.42 Å². The average Bonchev–Trinajstić information content (AvgIpc) is 2.46. The van der Waals surface area contributed by atoms with E-state index in [9.17, 15) is 13.7 Å². The topological polar surface area (TPSA) is 64.4 Å². The molecule has 0 aromatic heterocycles. The first-order chi connectivity index (χ1) is 9.97. The number of rotatable bonds is 4. The van der Waals surface area contributed by atoms with Crippen LogP contribution < -0.4 is 4.90 Å². The fourth-order valence-corrected chi connectivity index (χ4v) is 3.41. The molecule has 21 heavy (non-hydrogen) atoms. The van der Waals surface area contributed by atoms with Crippen LogP contribution in [-0.4, -0.2) is 52.3 Å². The van der Waals surface area contributed by atoms with Gasteiger partial charge in [0, 0.05) is 39.0 Å². The van der Waals surface area contributed by atoms with Gasteiger partial charge in [-0.2, -0.15) is 5.26 Å². The lowest BCUT2D eigenvalue weighted by Gasteiger charge is -2.36. The molecule has 0 bridgehead atoms. The molecule has 0 N–H and O–H groups in total. The maximum Gasteiger partial charge on any atom is 0.176 e. The lowest BCUT2D eigenvalue weighted by Crippen LogP contribution is -2.46. The highest BCUT2D eigenvalue weighted by atomic mass is 32.2. The Labute approximate surface area is 126 Å². The van der Waals surface area contributed by atoms with Crippen molar-refractivity contribution in [2.75, 3.05) is 43.9 Å². The van der Waals surface area contributed by atoms with Gasteiger partial charge >= 0.3 is 0 Å². The van der Waals surface area contributed by atoms with Crippen LogP contribution in [0.1, 0.15) is 5.56 Å². The molecular formula is C15H19N3O2S. The Morgan fingerprint density at radius 2 is 2.00 bits per heavy atom. The van der Waals surface area contributed by atoms with Crippen molar-refractivity contribution in [2.24, 2.45) is 0 Å². The van der Waals surface area contributed by atoms with E-state index in [1.54, 1.807) is 6.07 Å². The largest absolute Gasteiger partial charge is 0.368 e. The quantitative estimate of drug-likeness (QED) is 0.784. The third-order valence-corrected chi connectivity index (χ3v) is 4.75. The second-order valence-electron chi connectivity index (χ2n) is 5.11. The third-order valence-electron chi connectivity index (χ3n) is 3.62. The summed E-state index contributed by atoms with van der Waals surface area (Å²) >= 11 is 0. The molecule has 0 radical (unpaired) electrons. The number of sulfone groups is 1. The maximum absolute atomic E-state index is 11.8. The van der Waals surface area contributed by atoms with E-state index in [1.807, 2.05) is 12.1 Å². The first-order valence-electron chi connectivity index (χ1n) is 6.78. The van der Waals surface area contributed by atoms with Crippen molar-refractivity contribution in [1.82, 2.24) is 4.90 Å². The molecule has 1 fully saturated rings. The van der Waals surface area contributed by atoms with E-state index in [0.717, 1.165) is 39.0 Å². The van der Waals surface area contributed by atoms with Crippen molar-refractivity contribution in [1.29, 1.82) is 5.26 Å². The summed E-state index contributed by atoms with van der Waals surface area (Å²) in [7, 11) is -3.40. The summed E-state index contributed by atoms with van der Waals surface area (Å²) in [6.07, 6.45) is 3.01. The van der Waals surface area contributed by atoms with E-state index in [4.69, 9.17) is 0 Å². The summed E-state index contributed by atoms with van der Waals surface area (Å²) in [4.78, 5) is 4.46. The number of nitrogens with zero attached hydrogens (tertiary/aromatic N) is 3. The van der Waals surface area contributed by atoms with Gasteiger partial charge < -0.3 is 4.90 Å². The number of hydrogen-bond acceptors (Lipinski definition) is 5. The molecule has 0 saturated carbocycles. The van der Waals surface area contributed by atoms with Gasteiger partial charge in [0.15, 0.2) is 9.84 Å². The minimum absolute atomic E-state index is 0.107. The van der Waals surface area contributed by atoms with Crippen molar-refractivity contribution >= 4 is 15.5 Å². The Hall–Kier alpha value is -1.84. The predicted octanol–water partition coefficient (Wildman–Crippen LogP) is 1.27. The number of nitriles is 1. The van der Waals surface area contributed by atoms with Crippen LogP contribution in [0.5, 0.6) is 0 Å². The standard InChI is InChI=1S/C15H19N3O2S/c1-3-7-17-8-10-18(11-9-17)14-5-4-6-15(13(14)12-16)21(2,19)20/h3-6H,1,7-11H2,2H3. The number of piperazine rings is 1. The number of hydrogen-bond donors (Lipinski definition) is 0. The van der Waals surface area contributed by atoms with Crippen LogP contribution in [0.3, 0.4) is 0 Å². The monoisotopic (exact) mass is 305 g/mol. The number of anilines is 1. The van der Waals surface area contributed by atoms with Crippen LogP contribution in [0, 0.1) is 11.3 Å². The van der Waals surface area contributed by atoms with Gasteiger partial charge in [0.1, 0.15) is 6.07 Å². The van der Waals surface area contributed by atoms with E-state index < -0.39 is 9.84 Å². The fourth-order valence-electron chi connectivity index (χ4n) is 2.56. The Kier molecular flexibility index (Phi) is 4.66. The molecule has 1 aromatic carbocycles. The SMILES string of the molecule is C=CCN1CCN(c2cccc(S(C)(=O)=O)c2C#N)CC1. The van der Waals surface area contributed by atoms with Gasteiger partial charge in [0.2, 0.25) is 0 Å². The molecule has 0 amide bonds. The fraction of sp³-hybridized carbons (Fsp3) is 0.400. The van der Waals surface area contributed by atoms with Crippen LogP contribution in [0.25, 0.3) is 0 Å². The van der Waals surface area contributed by atoms with Crippen molar-refractivity contribution in [3.05, 3.63) is 36.4 Å². The normalized spacial score (nSPS) is 16.5.